The van der Waals surface area contributed by atoms with Crippen molar-refractivity contribution in [2.75, 3.05) is 44.4 Å². The van der Waals surface area contributed by atoms with E-state index in [2.05, 4.69) is 35.5 Å². The fraction of sp³-hybridized carbons (Fsp3) is 0.667. The van der Waals surface area contributed by atoms with Crippen molar-refractivity contribution in [3.63, 3.8) is 0 Å². The number of nitrogens with zero attached hydrogens (tertiary/aromatic N) is 2. The Balaban J connectivity index is 1.55. The molecule has 0 aliphatic carbocycles. The third kappa shape index (κ3) is 11.1. The molecule has 1 fully saturated rings. The summed E-state index contributed by atoms with van der Waals surface area (Å²) in [4.78, 5) is 2.41. The molecule has 0 amide bonds. The Morgan fingerprint density at radius 2 is 1.42 bits per heavy atom. The van der Waals surface area contributed by atoms with Crippen LogP contribution in [0.5, 0.6) is 5.75 Å². The SMILES string of the molecule is CCCCCCCCCCCC1=[N+](Cc2cc(F)ccc2F)CCc2c1ccc(N1CCOCC1)c2OCCCCCCCC. The third-order valence-electron chi connectivity index (χ3n) is 9.55. The number of benzene rings is 2. The van der Waals surface area contributed by atoms with Gasteiger partial charge in [-0.2, -0.15) is 0 Å². The van der Waals surface area contributed by atoms with E-state index in [1.807, 2.05) is 0 Å². The predicted molar refractivity (Wildman–Crippen MR) is 183 cm³/mol. The quantitative estimate of drug-likeness (QED) is 0.102. The van der Waals surface area contributed by atoms with E-state index in [4.69, 9.17) is 9.47 Å². The van der Waals surface area contributed by atoms with E-state index in [1.54, 1.807) is 0 Å². The van der Waals surface area contributed by atoms with Crippen molar-refractivity contribution >= 4 is 11.4 Å². The van der Waals surface area contributed by atoms with Gasteiger partial charge in [0.2, 0.25) is 0 Å². The standard InChI is InChI=1S/C39H59F2N2O2/c1-3-5-7-9-11-12-13-14-16-18-37-34-20-22-38(42-25-28-44-29-26-42)39(45-27-17-15-10-8-6-4-2)35(34)23-24-43(37)31-32-30-33(40)19-21-36(32)41/h19-22,30H,3-18,23-29,31H2,1-2H3/q+1. The van der Waals surface area contributed by atoms with Crippen LogP contribution in [0.25, 0.3) is 0 Å². The van der Waals surface area contributed by atoms with Crippen LogP contribution in [0.3, 0.4) is 0 Å². The topological polar surface area (TPSA) is 24.7 Å². The summed E-state index contributed by atoms with van der Waals surface area (Å²) in [5, 5.41) is 0. The van der Waals surface area contributed by atoms with Crippen LogP contribution in [-0.4, -0.2) is 49.7 Å². The predicted octanol–water partition coefficient (Wildman–Crippen LogP) is 10.0. The van der Waals surface area contributed by atoms with Crippen LogP contribution in [0, 0.1) is 11.6 Å². The number of rotatable bonds is 21. The zero-order valence-corrected chi connectivity index (χ0v) is 28.3. The molecule has 0 bridgehead atoms. The average molecular weight is 626 g/mol. The van der Waals surface area contributed by atoms with Crippen molar-refractivity contribution in [3.05, 3.63) is 58.7 Å². The van der Waals surface area contributed by atoms with Gasteiger partial charge in [-0.05, 0) is 43.2 Å². The molecule has 0 unspecified atom stereocenters. The Bertz CT molecular complexity index is 1190. The lowest BCUT2D eigenvalue weighted by molar-refractivity contribution is -0.546. The summed E-state index contributed by atoms with van der Waals surface area (Å²) >= 11 is 0. The zero-order valence-electron chi connectivity index (χ0n) is 28.3. The van der Waals surface area contributed by atoms with Gasteiger partial charge in [-0.1, -0.05) is 97.3 Å². The lowest BCUT2D eigenvalue weighted by Gasteiger charge is -2.32. The highest BCUT2D eigenvalue weighted by Crippen LogP contribution is 2.38. The second kappa shape index (κ2) is 19.9. The summed E-state index contributed by atoms with van der Waals surface area (Å²) in [6.45, 7) is 9.61. The number of morpholine rings is 1. The summed E-state index contributed by atoms with van der Waals surface area (Å²) in [5.41, 5.74) is 5.36. The average Bonchev–Trinajstić information content (AvgIpc) is 3.06. The number of ether oxygens (including phenoxy) is 2. The van der Waals surface area contributed by atoms with E-state index in [0.717, 1.165) is 70.9 Å². The van der Waals surface area contributed by atoms with Crippen LogP contribution in [0.2, 0.25) is 0 Å². The minimum atomic E-state index is -0.384. The van der Waals surface area contributed by atoms with Gasteiger partial charge in [0.25, 0.3) is 0 Å². The molecular formula is C39H59F2N2O2+. The molecule has 2 heterocycles. The minimum absolute atomic E-state index is 0.338. The minimum Gasteiger partial charge on any atom is -0.491 e. The normalized spacial score (nSPS) is 15.1. The maximum absolute atomic E-state index is 14.8. The molecule has 2 aromatic carbocycles. The van der Waals surface area contributed by atoms with Gasteiger partial charge >= 0.3 is 0 Å². The maximum atomic E-state index is 14.8. The van der Waals surface area contributed by atoms with Gasteiger partial charge < -0.3 is 14.4 Å². The van der Waals surface area contributed by atoms with Crippen molar-refractivity contribution in [2.24, 2.45) is 0 Å². The molecule has 2 aromatic rings. The summed E-state index contributed by atoms with van der Waals surface area (Å²) in [6, 6.07) is 8.33. The second-order valence-electron chi connectivity index (χ2n) is 13.1. The molecule has 0 aromatic heterocycles. The van der Waals surface area contributed by atoms with E-state index >= 15 is 0 Å². The van der Waals surface area contributed by atoms with E-state index in [1.165, 1.54) is 124 Å². The molecule has 250 valence electrons. The summed E-state index contributed by atoms with van der Waals surface area (Å²) in [7, 11) is 0. The van der Waals surface area contributed by atoms with Crippen LogP contribution in [-0.2, 0) is 17.7 Å². The van der Waals surface area contributed by atoms with Gasteiger partial charge in [0, 0.05) is 37.1 Å². The molecule has 0 atom stereocenters. The van der Waals surface area contributed by atoms with Crippen LogP contribution >= 0.6 is 0 Å². The third-order valence-corrected chi connectivity index (χ3v) is 9.55. The van der Waals surface area contributed by atoms with Gasteiger partial charge in [-0.15, -0.1) is 0 Å². The van der Waals surface area contributed by atoms with Gasteiger partial charge in [0.15, 0.2) is 12.3 Å². The molecule has 0 radical (unpaired) electrons. The number of hydrogen-bond acceptors (Lipinski definition) is 3. The van der Waals surface area contributed by atoms with Crippen LogP contribution in [0.1, 0.15) is 133 Å². The van der Waals surface area contributed by atoms with E-state index in [9.17, 15) is 8.78 Å². The molecule has 1 saturated heterocycles. The largest absolute Gasteiger partial charge is 0.491 e. The fourth-order valence-electron chi connectivity index (χ4n) is 6.90. The summed E-state index contributed by atoms with van der Waals surface area (Å²) in [6.07, 6.45) is 20.7. The lowest BCUT2D eigenvalue weighted by atomic mass is 9.91. The monoisotopic (exact) mass is 625 g/mol. The zero-order chi connectivity index (χ0) is 31.7. The molecule has 0 spiro atoms. The molecule has 45 heavy (non-hydrogen) atoms. The highest BCUT2D eigenvalue weighted by atomic mass is 19.1. The van der Waals surface area contributed by atoms with Crippen molar-refractivity contribution in [1.29, 1.82) is 0 Å². The number of hydrogen-bond donors (Lipinski definition) is 0. The van der Waals surface area contributed by atoms with Crippen LogP contribution in [0.15, 0.2) is 30.3 Å². The Kier molecular flexibility index (Phi) is 15.7. The molecule has 2 aliphatic heterocycles. The van der Waals surface area contributed by atoms with Crippen molar-refractivity contribution in [2.45, 2.75) is 130 Å². The first-order chi connectivity index (χ1) is 22.1. The van der Waals surface area contributed by atoms with Gasteiger partial charge in [0.1, 0.15) is 23.9 Å². The lowest BCUT2D eigenvalue weighted by Crippen LogP contribution is -2.37. The number of halogens is 2. The first-order valence-corrected chi connectivity index (χ1v) is 18.3. The van der Waals surface area contributed by atoms with Crippen molar-refractivity contribution in [3.8, 4) is 5.75 Å². The van der Waals surface area contributed by atoms with E-state index in [0.29, 0.717) is 12.1 Å². The van der Waals surface area contributed by atoms with E-state index < -0.39 is 0 Å². The first kappa shape index (κ1) is 35.4. The fourth-order valence-corrected chi connectivity index (χ4v) is 6.90. The highest BCUT2D eigenvalue weighted by Gasteiger charge is 2.31. The first-order valence-electron chi connectivity index (χ1n) is 18.3. The summed E-state index contributed by atoms with van der Waals surface area (Å²) in [5.74, 6) is 0.309. The Hall–Kier alpha value is -2.47. The van der Waals surface area contributed by atoms with Gasteiger partial charge in [-0.25, -0.2) is 13.4 Å². The van der Waals surface area contributed by atoms with Crippen molar-refractivity contribution in [1.82, 2.24) is 0 Å². The molecule has 4 nitrogen and oxygen atoms in total. The molecule has 4 rings (SSSR count). The summed E-state index contributed by atoms with van der Waals surface area (Å²) < 4.78 is 43.6. The molecular weight excluding hydrogens is 566 g/mol. The molecule has 6 heteroatoms. The highest BCUT2D eigenvalue weighted by molar-refractivity contribution is 6.00. The number of fused-ring (bicyclic) bond motifs is 1. The molecule has 0 saturated carbocycles. The van der Waals surface area contributed by atoms with Crippen LogP contribution < -0.4 is 9.64 Å². The van der Waals surface area contributed by atoms with Gasteiger partial charge in [0.05, 0.1) is 31.1 Å². The van der Waals surface area contributed by atoms with Crippen molar-refractivity contribution < 1.29 is 22.8 Å². The number of anilines is 1. The molecule has 0 N–H and O–H groups in total. The Morgan fingerprint density at radius 1 is 0.778 bits per heavy atom. The van der Waals surface area contributed by atoms with Gasteiger partial charge in [-0.3, -0.25) is 0 Å². The molecule has 2 aliphatic rings. The second-order valence-corrected chi connectivity index (χ2v) is 13.1. The maximum Gasteiger partial charge on any atom is 0.184 e. The smallest absolute Gasteiger partial charge is 0.184 e. The van der Waals surface area contributed by atoms with Crippen LogP contribution in [0.4, 0.5) is 14.5 Å². The Morgan fingerprint density at radius 3 is 2.11 bits per heavy atom. The Labute approximate surface area is 272 Å². The number of unbranched alkanes of at least 4 members (excludes halogenated alkanes) is 13. The van der Waals surface area contributed by atoms with E-state index in [-0.39, 0.29) is 11.6 Å².